The summed E-state index contributed by atoms with van der Waals surface area (Å²) in [4.78, 5) is 30.0. The number of nitrogens with two attached hydrogens (primary N) is 1. The van der Waals surface area contributed by atoms with E-state index in [4.69, 9.17) is 10.5 Å². The maximum atomic E-state index is 12.6. The summed E-state index contributed by atoms with van der Waals surface area (Å²) in [5.74, 6) is 0.267. The number of nitrogens with one attached hydrogen (secondary N) is 1. The summed E-state index contributed by atoms with van der Waals surface area (Å²) in [5, 5.41) is 3.50. The van der Waals surface area contributed by atoms with Gasteiger partial charge in [-0.3, -0.25) is 14.5 Å². The highest BCUT2D eigenvalue weighted by molar-refractivity contribution is 7.17. The van der Waals surface area contributed by atoms with Crippen molar-refractivity contribution in [3.05, 3.63) is 40.3 Å². The van der Waals surface area contributed by atoms with E-state index < -0.39 is 5.91 Å². The van der Waals surface area contributed by atoms with E-state index in [-0.39, 0.29) is 18.6 Å². The lowest BCUT2D eigenvalue weighted by atomic mass is 10.1. The lowest BCUT2D eigenvalue weighted by Gasteiger charge is -2.37. The molecule has 1 aliphatic carbocycles. The van der Waals surface area contributed by atoms with Gasteiger partial charge in [-0.25, -0.2) is 0 Å². The molecule has 8 heteroatoms. The van der Waals surface area contributed by atoms with Crippen LogP contribution < -0.4 is 20.7 Å². The number of primary amides is 1. The van der Waals surface area contributed by atoms with E-state index in [2.05, 4.69) is 23.2 Å². The van der Waals surface area contributed by atoms with E-state index >= 15 is 0 Å². The van der Waals surface area contributed by atoms with Crippen molar-refractivity contribution >= 4 is 33.8 Å². The molecule has 0 saturated heterocycles. The molecule has 0 unspecified atom stereocenters. The van der Waals surface area contributed by atoms with E-state index in [0.29, 0.717) is 17.1 Å². The highest BCUT2D eigenvalue weighted by Gasteiger charge is 2.28. The molecule has 1 aromatic heterocycles. The fourth-order valence-electron chi connectivity index (χ4n) is 4.35. The first-order valence-electron chi connectivity index (χ1n) is 10.4. The van der Waals surface area contributed by atoms with Crippen molar-refractivity contribution in [3.63, 3.8) is 0 Å². The number of amides is 2. The highest BCUT2D eigenvalue weighted by Crippen LogP contribution is 2.38. The van der Waals surface area contributed by atoms with Crippen molar-refractivity contribution in [2.75, 3.05) is 43.4 Å². The third-order valence-corrected chi connectivity index (χ3v) is 6.86. The van der Waals surface area contributed by atoms with Crippen molar-refractivity contribution in [2.24, 2.45) is 5.73 Å². The maximum Gasteiger partial charge on any atom is 0.251 e. The summed E-state index contributed by atoms with van der Waals surface area (Å²) >= 11 is 1.48. The summed E-state index contributed by atoms with van der Waals surface area (Å²) in [6.07, 6.45) is 2.82. The van der Waals surface area contributed by atoms with Gasteiger partial charge >= 0.3 is 0 Å². The number of rotatable bonds is 7. The second-order valence-corrected chi connectivity index (χ2v) is 9.02. The number of ether oxygens (including phenoxy) is 1. The number of carbonyl (C=O) groups excluding carboxylic acids is 2. The van der Waals surface area contributed by atoms with Crippen LogP contribution >= 0.6 is 11.3 Å². The molecule has 0 spiro atoms. The van der Waals surface area contributed by atoms with Crippen LogP contribution in [0.5, 0.6) is 5.75 Å². The zero-order valence-electron chi connectivity index (χ0n) is 17.4. The number of anilines is 2. The normalized spacial score (nSPS) is 17.4. The van der Waals surface area contributed by atoms with Gasteiger partial charge in [-0.2, -0.15) is 0 Å². The van der Waals surface area contributed by atoms with Gasteiger partial charge < -0.3 is 20.7 Å². The SMILES string of the molecule is CCN1C[C@H](CN(C)CC(=O)Nc2sc3c(c2C(N)=O)CCC3)Oc2ccccc21. The van der Waals surface area contributed by atoms with Crippen molar-refractivity contribution in [2.45, 2.75) is 32.3 Å². The quantitative estimate of drug-likeness (QED) is 0.708. The molecule has 0 saturated carbocycles. The van der Waals surface area contributed by atoms with E-state index in [1.165, 1.54) is 16.2 Å². The average molecular weight is 429 g/mol. The minimum absolute atomic E-state index is 0.0237. The van der Waals surface area contributed by atoms with Crippen LogP contribution in [0.25, 0.3) is 0 Å². The van der Waals surface area contributed by atoms with E-state index in [1.807, 2.05) is 30.1 Å². The number of thiophene rings is 1. The Balaban J connectivity index is 1.37. The number of aryl methyl sites for hydroxylation is 1. The first-order chi connectivity index (χ1) is 14.5. The van der Waals surface area contributed by atoms with Gasteiger partial charge in [0.2, 0.25) is 5.91 Å². The Hall–Kier alpha value is -2.58. The fourth-order valence-corrected chi connectivity index (χ4v) is 5.66. The number of para-hydroxylation sites is 2. The highest BCUT2D eigenvalue weighted by atomic mass is 32.1. The lowest BCUT2D eigenvalue weighted by molar-refractivity contribution is -0.117. The average Bonchev–Trinajstić information content (AvgIpc) is 3.27. The fraction of sp³-hybridized carbons (Fsp3) is 0.455. The number of carbonyl (C=O) groups is 2. The summed E-state index contributed by atoms with van der Waals surface area (Å²) in [6, 6.07) is 8.04. The van der Waals surface area contributed by atoms with Gasteiger partial charge in [0.15, 0.2) is 0 Å². The van der Waals surface area contributed by atoms with Gasteiger partial charge in [0.1, 0.15) is 16.9 Å². The molecule has 1 aliphatic heterocycles. The van der Waals surface area contributed by atoms with E-state index in [0.717, 1.165) is 49.4 Å². The molecule has 0 fully saturated rings. The van der Waals surface area contributed by atoms with E-state index in [1.54, 1.807) is 0 Å². The van der Waals surface area contributed by atoms with Gasteiger partial charge in [-0.15, -0.1) is 11.3 Å². The molecule has 160 valence electrons. The van der Waals surface area contributed by atoms with Crippen LogP contribution in [0.1, 0.15) is 34.1 Å². The molecular formula is C22H28N4O3S. The van der Waals surface area contributed by atoms with Gasteiger partial charge in [0, 0.05) is 18.0 Å². The van der Waals surface area contributed by atoms with Crippen LogP contribution in [0.15, 0.2) is 24.3 Å². The molecule has 2 heterocycles. The van der Waals surface area contributed by atoms with Crippen molar-refractivity contribution in [1.82, 2.24) is 4.90 Å². The van der Waals surface area contributed by atoms with Crippen LogP contribution in [0.3, 0.4) is 0 Å². The molecule has 30 heavy (non-hydrogen) atoms. The molecule has 7 nitrogen and oxygen atoms in total. The predicted molar refractivity (Wildman–Crippen MR) is 120 cm³/mol. The third-order valence-electron chi connectivity index (χ3n) is 5.65. The number of likely N-dealkylation sites (N-methyl/N-ethyl adjacent to an activating group) is 2. The summed E-state index contributed by atoms with van der Waals surface area (Å²) < 4.78 is 6.15. The van der Waals surface area contributed by atoms with Crippen LogP contribution in [0, 0.1) is 0 Å². The first kappa shape index (κ1) is 20.7. The minimum atomic E-state index is -0.466. The second kappa shape index (κ2) is 8.65. The third kappa shape index (κ3) is 4.15. The number of hydrogen-bond donors (Lipinski definition) is 2. The Kier molecular flexibility index (Phi) is 5.97. The van der Waals surface area contributed by atoms with Crippen molar-refractivity contribution < 1.29 is 14.3 Å². The predicted octanol–water partition coefficient (Wildman–Crippen LogP) is 2.49. The molecule has 2 aromatic rings. The molecule has 2 amide bonds. The monoisotopic (exact) mass is 428 g/mol. The lowest BCUT2D eigenvalue weighted by Crippen LogP contribution is -2.46. The minimum Gasteiger partial charge on any atom is -0.485 e. The smallest absolute Gasteiger partial charge is 0.251 e. The Bertz CT molecular complexity index is 958. The topological polar surface area (TPSA) is 87.9 Å². The van der Waals surface area contributed by atoms with Crippen LogP contribution in [0.4, 0.5) is 10.7 Å². The van der Waals surface area contributed by atoms with Crippen LogP contribution in [-0.4, -0.2) is 56.0 Å². The largest absolute Gasteiger partial charge is 0.485 e. The molecular weight excluding hydrogens is 400 g/mol. The molecule has 0 bridgehead atoms. The van der Waals surface area contributed by atoms with Crippen molar-refractivity contribution in [3.8, 4) is 5.75 Å². The molecule has 1 atom stereocenters. The van der Waals surface area contributed by atoms with Gasteiger partial charge in [-0.05, 0) is 50.9 Å². The van der Waals surface area contributed by atoms with Crippen LogP contribution in [0.2, 0.25) is 0 Å². The summed E-state index contributed by atoms with van der Waals surface area (Å²) in [6.45, 7) is 4.66. The Morgan fingerprint density at radius 3 is 2.90 bits per heavy atom. The van der Waals surface area contributed by atoms with Crippen LogP contribution in [-0.2, 0) is 17.6 Å². The Morgan fingerprint density at radius 2 is 2.13 bits per heavy atom. The Morgan fingerprint density at radius 1 is 1.33 bits per heavy atom. The zero-order valence-corrected chi connectivity index (χ0v) is 18.3. The van der Waals surface area contributed by atoms with Gasteiger partial charge in [-0.1, -0.05) is 12.1 Å². The van der Waals surface area contributed by atoms with Gasteiger partial charge in [0.05, 0.1) is 24.3 Å². The molecule has 1 aromatic carbocycles. The first-order valence-corrected chi connectivity index (χ1v) is 11.2. The standard InChI is InChI=1S/C22H28N4O3S/c1-3-26-12-14(29-17-9-5-4-8-16(17)26)11-25(2)13-19(27)24-22-20(21(23)28)15-7-6-10-18(15)30-22/h4-5,8-9,14H,3,6-7,10-13H2,1-2H3,(H2,23,28)(H,24,27)/t14-/m0/s1. The van der Waals surface area contributed by atoms with Gasteiger partial charge in [0.25, 0.3) is 5.91 Å². The maximum absolute atomic E-state index is 12.6. The number of hydrogen-bond acceptors (Lipinski definition) is 6. The summed E-state index contributed by atoms with van der Waals surface area (Å²) in [7, 11) is 1.91. The molecule has 3 N–H and O–H groups in total. The molecule has 4 rings (SSSR count). The second-order valence-electron chi connectivity index (χ2n) is 7.92. The van der Waals surface area contributed by atoms with E-state index in [9.17, 15) is 9.59 Å². The number of nitrogens with zero attached hydrogens (tertiary/aromatic N) is 2. The Labute approximate surface area is 180 Å². The zero-order chi connectivity index (χ0) is 21.3. The number of fused-ring (bicyclic) bond motifs is 2. The molecule has 0 radical (unpaired) electrons. The summed E-state index contributed by atoms with van der Waals surface area (Å²) in [5.41, 5.74) is 8.21. The van der Waals surface area contributed by atoms with Crippen molar-refractivity contribution in [1.29, 1.82) is 0 Å². The number of benzene rings is 1. The molecule has 2 aliphatic rings.